The second-order valence-electron chi connectivity index (χ2n) is 0.705. The molecule has 0 heterocycles. The van der Waals surface area contributed by atoms with Crippen LogP contribution in [-0.2, 0) is 0 Å². The predicted octanol–water partition coefficient (Wildman–Crippen LogP) is 7.59. The molecule has 0 aliphatic carbocycles. The minimum absolute atomic E-state index is 0.412. The molecular formula is BI9. The van der Waals surface area contributed by atoms with Gasteiger partial charge in [-0.15, -0.1) is 0 Å². The van der Waals surface area contributed by atoms with Crippen molar-refractivity contribution in [3.8, 4) is 0 Å². The molecule has 0 aromatic heterocycles. The van der Waals surface area contributed by atoms with E-state index >= 15 is 0 Å². The van der Waals surface area contributed by atoms with Crippen LogP contribution in [-0.4, -0.2) is 5.70 Å². The fourth-order valence-corrected chi connectivity index (χ4v) is 676. The Bertz CT molecular complexity index is 74.7. The second kappa shape index (κ2) is 9.64. The predicted molar refractivity (Wildman–Crippen MR) is 132 cm³/mol. The second-order valence-corrected chi connectivity index (χ2v) is 170. The third-order valence-electron chi connectivity index (χ3n) is 0.266. The average Bonchev–Trinajstić information content (AvgIpc) is 1.84. The molecule has 0 spiro atoms. The van der Waals surface area contributed by atoms with Crippen molar-refractivity contribution >= 4 is 134 Å². The van der Waals surface area contributed by atoms with Gasteiger partial charge in [-0.1, -0.05) is 0 Å². The van der Waals surface area contributed by atoms with Crippen molar-refractivity contribution in [2.75, 3.05) is 0 Å². The molecule has 0 aliphatic rings. The van der Waals surface area contributed by atoms with Crippen LogP contribution in [0, 0.1) is 0 Å². The Labute approximate surface area is 128 Å². The van der Waals surface area contributed by atoms with Crippen LogP contribution >= 0.6 is 128 Å². The van der Waals surface area contributed by atoms with Crippen molar-refractivity contribution in [1.29, 1.82) is 0 Å². The van der Waals surface area contributed by atoms with Crippen LogP contribution in [0.2, 0.25) is 0 Å². The van der Waals surface area contributed by atoms with E-state index in [1.54, 1.807) is 0 Å². The van der Waals surface area contributed by atoms with Crippen molar-refractivity contribution in [2.45, 2.75) is 0 Å². The Kier molecular flexibility index (Phi) is 16.0. The first-order valence-electron chi connectivity index (χ1n) is 1.36. The van der Waals surface area contributed by atoms with E-state index in [2.05, 4.69) is 93.1 Å². The summed E-state index contributed by atoms with van der Waals surface area (Å²) in [5.41, 5.74) is 6.03. The van der Waals surface area contributed by atoms with E-state index in [0.29, 0.717) is 0 Å². The zero-order valence-corrected chi connectivity index (χ0v) is 23.4. The van der Waals surface area contributed by atoms with E-state index in [-0.39, 0.29) is 0 Å². The molecular weight excluding hydrogens is 1150 g/mol. The van der Waals surface area contributed by atoms with Gasteiger partial charge in [0.05, 0.1) is 0 Å². The molecule has 0 amide bonds. The summed E-state index contributed by atoms with van der Waals surface area (Å²) in [6.07, 6.45) is 0. The van der Waals surface area contributed by atoms with Crippen LogP contribution in [0.1, 0.15) is 0 Å². The van der Waals surface area contributed by atoms with Gasteiger partial charge in [0, 0.05) is 0 Å². The van der Waals surface area contributed by atoms with Crippen LogP contribution in [0.25, 0.3) is 0 Å². The van der Waals surface area contributed by atoms with Gasteiger partial charge in [-0.3, -0.25) is 0 Å². The quantitative estimate of drug-likeness (QED) is 0.202. The van der Waals surface area contributed by atoms with Gasteiger partial charge >= 0.3 is 134 Å². The summed E-state index contributed by atoms with van der Waals surface area (Å²) in [7, 11) is -1.35. The Balaban J connectivity index is 3.81. The molecule has 66 valence electrons. The van der Waals surface area contributed by atoms with Gasteiger partial charge < -0.3 is 0 Å². The number of hydrogen-bond acceptors (Lipinski definition) is 0. The van der Waals surface area contributed by atoms with Crippen molar-refractivity contribution in [1.82, 2.24) is 0 Å². The SMILES string of the molecule is [B]I(I)I(I)I(I)I(I)I. The number of hydrogen-bond donors (Lipinski definition) is 0. The summed E-state index contributed by atoms with van der Waals surface area (Å²) in [6.45, 7) is 0. The van der Waals surface area contributed by atoms with Gasteiger partial charge in [0.15, 0.2) is 0 Å². The van der Waals surface area contributed by atoms with Crippen molar-refractivity contribution in [3.05, 3.63) is 0 Å². The maximum absolute atomic E-state index is 6.03. The molecule has 0 rings (SSSR count). The number of halogens is 9. The zero-order chi connectivity index (χ0) is 8.31. The third-order valence-corrected chi connectivity index (χ3v) is 432. The molecule has 0 saturated heterocycles. The summed E-state index contributed by atoms with van der Waals surface area (Å²) in [6, 6.07) is 0. The first-order chi connectivity index (χ1) is 4.46. The molecule has 0 atom stereocenters. The normalized spacial score (nSPS) is 16.1. The van der Waals surface area contributed by atoms with Gasteiger partial charge in [-0.2, -0.15) is 0 Å². The van der Waals surface area contributed by atoms with Gasteiger partial charge in [-0.05, 0) is 0 Å². The molecule has 0 aliphatic heterocycles. The van der Waals surface area contributed by atoms with Crippen LogP contribution in [0.5, 0.6) is 0 Å². The monoisotopic (exact) mass is 1150 g/mol. The summed E-state index contributed by atoms with van der Waals surface area (Å²) >= 11 is 12.7. The molecule has 2 radical (unpaired) electrons. The van der Waals surface area contributed by atoms with Crippen LogP contribution in [0.15, 0.2) is 0 Å². The van der Waals surface area contributed by atoms with E-state index in [1.807, 2.05) is 0 Å². The Hall–Kier alpha value is 6.63. The molecule has 10 heteroatoms. The summed E-state index contributed by atoms with van der Waals surface area (Å²) in [4.78, 5) is 0. The maximum atomic E-state index is 6.03. The fourth-order valence-electron chi connectivity index (χ4n) is 0.0698. The Morgan fingerprint density at radius 2 is 1.20 bits per heavy atom. The van der Waals surface area contributed by atoms with E-state index in [1.165, 1.54) is 0 Å². The molecule has 0 N–H and O–H groups in total. The minimum atomic E-state index is -0.828. The third kappa shape index (κ3) is 7.84. The average molecular weight is 1150 g/mol. The Morgan fingerprint density at radius 1 is 0.800 bits per heavy atom. The van der Waals surface area contributed by atoms with Crippen molar-refractivity contribution < 1.29 is 0 Å². The molecule has 0 unspecified atom stereocenters. The van der Waals surface area contributed by atoms with Crippen LogP contribution in [0.3, 0.4) is 0 Å². The van der Waals surface area contributed by atoms with Crippen LogP contribution in [0.4, 0.5) is 0 Å². The summed E-state index contributed by atoms with van der Waals surface area (Å²) < 4.78 is 0. The standard InChI is InChI=1S/BI9/c1-7(2)9(5)10(6)8(3)4. The van der Waals surface area contributed by atoms with E-state index in [0.717, 1.165) is 0 Å². The first kappa shape index (κ1) is 16.6. The molecule has 0 aromatic rings. The molecule has 0 saturated carbocycles. The zero-order valence-electron chi connectivity index (χ0n) is 3.98. The van der Waals surface area contributed by atoms with Gasteiger partial charge in [0.2, 0.25) is 0 Å². The topological polar surface area (TPSA) is 0 Å². The van der Waals surface area contributed by atoms with Crippen LogP contribution < -0.4 is 0 Å². The summed E-state index contributed by atoms with van der Waals surface area (Å²) in [5, 5.41) is 0. The van der Waals surface area contributed by atoms with Gasteiger partial charge in [-0.25, -0.2) is 0 Å². The Morgan fingerprint density at radius 3 is 1.30 bits per heavy atom. The first-order valence-corrected chi connectivity index (χ1v) is 52.9. The molecule has 0 fully saturated rings. The summed E-state index contributed by atoms with van der Waals surface area (Å²) in [5.74, 6) is 0. The number of rotatable bonds is 3. The molecule has 0 bridgehead atoms. The van der Waals surface area contributed by atoms with Gasteiger partial charge in [0.1, 0.15) is 0 Å². The van der Waals surface area contributed by atoms with Crippen molar-refractivity contribution in [3.63, 3.8) is 0 Å². The molecule has 10 heavy (non-hydrogen) atoms. The fraction of sp³-hybridized carbons (Fsp3) is 0. The van der Waals surface area contributed by atoms with E-state index in [4.69, 9.17) is 5.70 Å². The van der Waals surface area contributed by atoms with Gasteiger partial charge in [0.25, 0.3) is 0 Å². The van der Waals surface area contributed by atoms with Crippen molar-refractivity contribution in [2.24, 2.45) is 0 Å². The van der Waals surface area contributed by atoms with E-state index < -0.39 is 35.3 Å². The molecule has 0 aromatic carbocycles. The van der Waals surface area contributed by atoms with E-state index in [9.17, 15) is 0 Å². The molecule has 0 nitrogen and oxygen atoms in total.